The number of benzene rings is 12. The molecule has 0 unspecified atom stereocenters. The first-order valence-electron chi connectivity index (χ1n) is 28.6. The van der Waals surface area contributed by atoms with E-state index in [1.54, 1.807) is 0 Å². The lowest BCUT2D eigenvalue weighted by atomic mass is 9.86. The van der Waals surface area contributed by atoms with Crippen molar-refractivity contribution in [2.45, 2.75) is 52.8 Å². The molecule has 0 radical (unpaired) electrons. The highest BCUT2D eigenvalue weighted by atomic mass is 28.3. The summed E-state index contributed by atoms with van der Waals surface area (Å²) in [5.74, 6) is 0. The summed E-state index contributed by atoms with van der Waals surface area (Å²) < 4.78 is 16.5. The minimum Gasteiger partial charge on any atom is -0.454 e. The maximum absolute atomic E-state index is 7.09. The maximum atomic E-state index is 7.09. The lowest BCUT2D eigenvalue weighted by Crippen LogP contribution is -2.37. The van der Waals surface area contributed by atoms with Crippen molar-refractivity contribution in [3.05, 3.63) is 242 Å². The fourth-order valence-electron chi connectivity index (χ4n) is 13.3. The Bertz CT molecular complexity index is 5250. The van der Waals surface area contributed by atoms with Crippen molar-refractivity contribution in [2.75, 3.05) is 9.80 Å². The van der Waals surface area contributed by atoms with Crippen LogP contribution >= 0.6 is 0 Å². The summed E-state index contributed by atoms with van der Waals surface area (Å²) in [6.45, 7) is 16.2. The van der Waals surface area contributed by atoms with E-state index in [0.717, 1.165) is 89.0 Å². The molecule has 394 valence electrons. The lowest BCUT2D eigenvalue weighted by molar-refractivity contribution is 0.590. The fraction of sp³-hybridized carbons (Fsp3) is 0.105. The van der Waals surface area contributed by atoms with Gasteiger partial charge in [-0.25, -0.2) is 0 Å². The van der Waals surface area contributed by atoms with Gasteiger partial charge in [-0.15, -0.1) is 0 Å². The molecule has 0 amide bonds. The Labute approximate surface area is 476 Å². The number of anilines is 6. The van der Waals surface area contributed by atoms with Crippen molar-refractivity contribution in [1.82, 2.24) is 4.40 Å². The first-order valence-corrected chi connectivity index (χ1v) is 32.1. The van der Waals surface area contributed by atoms with Crippen molar-refractivity contribution in [1.29, 1.82) is 0 Å². The van der Waals surface area contributed by atoms with Gasteiger partial charge in [0.1, 0.15) is 11.2 Å². The highest BCUT2D eigenvalue weighted by Gasteiger charge is 2.27. The van der Waals surface area contributed by atoms with Gasteiger partial charge in [-0.1, -0.05) is 174 Å². The molecule has 0 aliphatic carbocycles. The number of furan rings is 2. The Kier molecular flexibility index (Phi) is 10.4. The summed E-state index contributed by atoms with van der Waals surface area (Å²) in [6, 6.07) is 85.3. The van der Waals surface area contributed by atoms with Gasteiger partial charge < -0.3 is 23.0 Å². The Morgan fingerprint density at radius 1 is 0.366 bits per heavy atom. The molecule has 4 aromatic heterocycles. The number of aryl methyl sites for hydroxylation is 1. The molecular weight excluding hydrogens is 1010 g/mol. The molecule has 0 saturated heterocycles. The van der Waals surface area contributed by atoms with Crippen molar-refractivity contribution in [2.24, 2.45) is 0 Å². The van der Waals surface area contributed by atoms with Gasteiger partial charge >= 0.3 is 0 Å². The quantitative estimate of drug-likeness (QED) is 0.142. The van der Waals surface area contributed by atoms with E-state index in [4.69, 9.17) is 8.83 Å². The second kappa shape index (κ2) is 17.7. The van der Waals surface area contributed by atoms with Crippen molar-refractivity contribution < 1.29 is 8.83 Å². The van der Waals surface area contributed by atoms with Crippen LogP contribution in [0.15, 0.2) is 239 Å². The largest absolute Gasteiger partial charge is 0.454 e. The average Bonchev–Trinajstić information content (AvgIpc) is 3.05. The second-order valence-corrected chi connectivity index (χ2v) is 29.7. The molecule has 0 aliphatic heterocycles. The van der Waals surface area contributed by atoms with Crippen LogP contribution in [0.1, 0.15) is 31.9 Å². The zero-order valence-electron chi connectivity index (χ0n) is 47.1. The standard InChI is InChI=1S/C76H59N3O2Si/c1-46-18-14-23-58-59-24-15-27-66(73(59)80-72(46)58)77(54-19-10-8-11-20-54)56-36-32-48-40-62-64-42-52(47-30-34-53(35-31-47)76(2,3)4)43-65-63-41-49-33-37-57(39-51(49)45-69(63)79(71(64)65)68(62)44-50(48)38-56)78(55-21-12-9-13-22-55)67-28-16-25-60-61-26-17-29-70(82(5,6)7)75(61)81-74(60)67/h8-45H,1-7H3. The summed E-state index contributed by atoms with van der Waals surface area (Å²) >= 11 is 0. The summed E-state index contributed by atoms with van der Waals surface area (Å²) in [4.78, 5) is 4.72. The van der Waals surface area contributed by atoms with Crippen LogP contribution in [0.3, 0.4) is 0 Å². The van der Waals surface area contributed by atoms with Gasteiger partial charge in [0.05, 0.1) is 36.0 Å². The highest BCUT2D eigenvalue weighted by molar-refractivity contribution is 6.90. The van der Waals surface area contributed by atoms with Gasteiger partial charge in [0.15, 0.2) is 11.2 Å². The molecule has 0 N–H and O–H groups in total. The normalized spacial score (nSPS) is 12.6. The van der Waals surface area contributed by atoms with Crippen LogP contribution in [-0.2, 0) is 5.41 Å². The van der Waals surface area contributed by atoms with E-state index in [1.807, 2.05) is 0 Å². The monoisotopic (exact) mass is 1070 g/mol. The van der Waals surface area contributed by atoms with Crippen molar-refractivity contribution in [3.63, 3.8) is 0 Å². The Morgan fingerprint density at radius 3 is 1.35 bits per heavy atom. The van der Waals surface area contributed by atoms with E-state index in [0.29, 0.717) is 0 Å². The summed E-state index contributed by atoms with van der Waals surface area (Å²) in [5, 5.41) is 15.5. The van der Waals surface area contributed by atoms with E-state index in [1.165, 1.54) is 76.1 Å². The predicted octanol–water partition coefficient (Wildman–Crippen LogP) is 21.7. The fourth-order valence-corrected chi connectivity index (χ4v) is 14.8. The molecule has 0 fully saturated rings. The van der Waals surface area contributed by atoms with Gasteiger partial charge in [-0.2, -0.15) is 0 Å². The molecule has 16 rings (SSSR count). The summed E-state index contributed by atoms with van der Waals surface area (Å²) in [6.07, 6.45) is 0. The van der Waals surface area contributed by atoms with Gasteiger partial charge in [0.2, 0.25) is 0 Å². The molecule has 5 nitrogen and oxygen atoms in total. The van der Waals surface area contributed by atoms with Crippen LogP contribution in [0.5, 0.6) is 0 Å². The molecule has 12 aromatic carbocycles. The zero-order chi connectivity index (χ0) is 55.3. The van der Waals surface area contributed by atoms with E-state index >= 15 is 0 Å². The van der Waals surface area contributed by atoms with E-state index in [9.17, 15) is 0 Å². The molecular formula is C76H59N3O2Si. The number of rotatable bonds is 8. The number of fused-ring (bicyclic) bond motifs is 14. The average molecular weight is 1070 g/mol. The maximum Gasteiger partial charge on any atom is 0.159 e. The van der Waals surface area contributed by atoms with Gasteiger partial charge in [0, 0.05) is 65.8 Å². The first-order chi connectivity index (χ1) is 39.8. The number of nitrogens with zero attached hydrogens (tertiary/aromatic N) is 3. The predicted molar refractivity (Wildman–Crippen MR) is 352 cm³/mol. The summed E-state index contributed by atoms with van der Waals surface area (Å²) in [7, 11) is -1.73. The molecule has 6 heteroatoms. The number of hydrogen-bond acceptors (Lipinski definition) is 4. The topological polar surface area (TPSA) is 37.2 Å². The van der Waals surface area contributed by atoms with Crippen LogP contribution in [-0.4, -0.2) is 12.5 Å². The van der Waals surface area contributed by atoms with Crippen LogP contribution in [0.2, 0.25) is 19.6 Å². The zero-order valence-corrected chi connectivity index (χ0v) is 48.1. The summed E-state index contributed by atoms with van der Waals surface area (Å²) in [5.41, 5.74) is 18.5. The first kappa shape index (κ1) is 48.3. The molecule has 4 heterocycles. The molecule has 0 aliphatic rings. The Balaban J connectivity index is 0.925. The third-order valence-corrected chi connectivity index (χ3v) is 19.4. The minimum absolute atomic E-state index is 0.0547. The Morgan fingerprint density at radius 2 is 0.841 bits per heavy atom. The molecule has 0 atom stereocenters. The van der Waals surface area contributed by atoms with Gasteiger partial charge in [0.25, 0.3) is 0 Å². The van der Waals surface area contributed by atoms with Gasteiger partial charge in [-0.05, 0) is 158 Å². The van der Waals surface area contributed by atoms with Crippen molar-refractivity contribution >= 4 is 151 Å². The van der Waals surface area contributed by atoms with Crippen LogP contribution in [0, 0.1) is 6.92 Å². The number of aromatic nitrogens is 1. The van der Waals surface area contributed by atoms with Crippen molar-refractivity contribution in [3.8, 4) is 11.1 Å². The van der Waals surface area contributed by atoms with E-state index in [2.05, 4.69) is 292 Å². The number of hydrogen-bond donors (Lipinski definition) is 0. The molecule has 0 bridgehead atoms. The second-order valence-electron chi connectivity index (χ2n) is 24.6. The number of para-hydroxylation sites is 6. The highest BCUT2D eigenvalue weighted by Crippen LogP contribution is 2.48. The molecule has 0 saturated carbocycles. The van der Waals surface area contributed by atoms with Crippen LogP contribution in [0.4, 0.5) is 34.1 Å². The third kappa shape index (κ3) is 7.37. The third-order valence-electron chi connectivity index (χ3n) is 17.4. The Hall–Kier alpha value is -9.62. The minimum atomic E-state index is -1.73. The molecule has 82 heavy (non-hydrogen) atoms. The van der Waals surface area contributed by atoms with Crippen LogP contribution < -0.4 is 15.0 Å². The van der Waals surface area contributed by atoms with Gasteiger partial charge in [-0.3, -0.25) is 0 Å². The van der Waals surface area contributed by atoms with E-state index in [-0.39, 0.29) is 5.41 Å². The molecule has 16 aromatic rings. The SMILES string of the molecule is Cc1cccc2c1oc1c(N(c3ccccc3)c3ccc4cc5c6cc(-c7ccc(C(C)(C)C)cc7)cc7c8cc9ccc(N(c%10ccccc%10)c%10cccc%11c%10oc%10c([Si](C)(C)C)cccc%10%11)cc9cc8n(c5cc4c3)c67)cccc12. The van der Waals surface area contributed by atoms with E-state index < -0.39 is 8.07 Å². The molecule has 0 spiro atoms. The smallest absolute Gasteiger partial charge is 0.159 e. The lowest BCUT2D eigenvalue weighted by Gasteiger charge is -2.26. The van der Waals surface area contributed by atoms with Crippen LogP contribution in [0.25, 0.3) is 115 Å².